The zero-order chi connectivity index (χ0) is 7.11. The zero-order valence-corrected chi connectivity index (χ0v) is 7.56. The van der Waals surface area contributed by atoms with Crippen LogP contribution in [0.3, 0.4) is 0 Å². The fourth-order valence-corrected chi connectivity index (χ4v) is 0.855. The second-order valence-corrected chi connectivity index (χ2v) is 2.86. The third-order valence-corrected chi connectivity index (χ3v) is 1.46. The monoisotopic (exact) mass is 140 g/mol. The molecule has 0 spiro atoms. The lowest BCUT2D eigenvalue weighted by atomic mass is 10.2. The van der Waals surface area contributed by atoms with Crippen LogP contribution < -0.4 is 0 Å². The third kappa shape index (κ3) is 10.9. The zero-order valence-electron chi connectivity index (χ0n) is 7.56. The molecule has 3 radical (unpaired) electrons. The molecule has 0 aromatic heterocycles. The van der Waals surface area contributed by atoms with Crippen LogP contribution in [0.4, 0.5) is 0 Å². The molecule has 0 aromatic carbocycles. The lowest BCUT2D eigenvalue weighted by Gasteiger charge is -2.07. The molecule has 10 heavy (non-hydrogen) atoms. The summed E-state index contributed by atoms with van der Waals surface area (Å²) in [6.07, 6.45) is 5.50. The van der Waals surface area contributed by atoms with Crippen molar-refractivity contribution >= 4 is 8.41 Å². The highest BCUT2D eigenvalue weighted by atomic mass is 15.0. The number of hydrogen-bond donors (Lipinski definition) is 0. The Labute approximate surface area is 67.4 Å². The lowest BCUT2D eigenvalue weighted by Crippen LogP contribution is -2.12. The van der Waals surface area contributed by atoms with E-state index in [0.29, 0.717) is 0 Å². The minimum absolute atomic E-state index is 0. The van der Waals surface area contributed by atoms with Gasteiger partial charge in [-0.25, -0.2) is 0 Å². The molecule has 0 heterocycles. The molecule has 0 aliphatic heterocycles. The van der Waals surface area contributed by atoms with Crippen LogP contribution in [0.1, 0.15) is 32.6 Å². The molecule has 0 rings (SSSR count). The maximum Gasteiger partial charge on any atom is 0 e. The Morgan fingerprint density at radius 2 is 1.60 bits per heavy atom. The molecule has 0 atom stereocenters. The first-order chi connectivity index (χ1) is 4.27. The van der Waals surface area contributed by atoms with Crippen LogP contribution >= 0.6 is 0 Å². The molecule has 0 N–H and O–H groups in total. The Hall–Kier alpha value is 0.0249. The van der Waals surface area contributed by atoms with Gasteiger partial charge in [0.1, 0.15) is 0 Å². The highest BCUT2D eigenvalue weighted by Gasteiger charge is 1.88. The fraction of sp³-hybridized carbons (Fsp3) is 1.00. The van der Waals surface area contributed by atoms with Gasteiger partial charge in [-0.05, 0) is 27.1 Å². The van der Waals surface area contributed by atoms with E-state index in [0.717, 1.165) is 0 Å². The van der Waals surface area contributed by atoms with Crippen LogP contribution in [0.25, 0.3) is 0 Å². The molecule has 0 fully saturated rings. The fourth-order valence-electron chi connectivity index (χ4n) is 0.855. The summed E-state index contributed by atoms with van der Waals surface area (Å²) in [5, 5.41) is 0. The van der Waals surface area contributed by atoms with E-state index >= 15 is 0 Å². The van der Waals surface area contributed by atoms with Gasteiger partial charge in [0.05, 0.1) is 0 Å². The second kappa shape index (κ2) is 9.02. The van der Waals surface area contributed by atoms with Crippen molar-refractivity contribution in [3.63, 3.8) is 0 Å². The average Bonchev–Trinajstić information content (AvgIpc) is 1.80. The van der Waals surface area contributed by atoms with Gasteiger partial charge in [0, 0.05) is 8.41 Å². The highest BCUT2D eigenvalue weighted by Crippen LogP contribution is 1.98. The minimum Gasteiger partial charge on any atom is -0.309 e. The van der Waals surface area contributed by atoms with Crippen molar-refractivity contribution in [3.05, 3.63) is 0 Å². The summed E-state index contributed by atoms with van der Waals surface area (Å²) in [6.45, 7) is 3.50. The first kappa shape index (κ1) is 12.7. The van der Waals surface area contributed by atoms with Crippen molar-refractivity contribution in [3.8, 4) is 0 Å². The molecular formula is C8H19BN. The predicted molar refractivity (Wildman–Crippen MR) is 48.5 cm³/mol. The van der Waals surface area contributed by atoms with Crippen molar-refractivity contribution < 1.29 is 0 Å². The van der Waals surface area contributed by atoms with Crippen molar-refractivity contribution in [1.82, 2.24) is 4.90 Å². The molecule has 0 aliphatic rings. The summed E-state index contributed by atoms with van der Waals surface area (Å²) < 4.78 is 0. The Morgan fingerprint density at radius 3 is 2.00 bits per heavy atom. The Morgan fingerprint density at radius 1 is 1.00 bits per heavy atom. The Balaban J connectivity index is 0. The highest BCUT2D eigenvalue weighted by molar-refractivity contribution is 5.75. The SMILES string of the molecule is CCCCCCN(C)C.[B]. The van der Waals surface area contributed by atoms with Gasteiger partial charge in [0.2, 0.25) is 0 Å². The van der Waals surface area contributed by atoms with Crippen molar-refractivity contribution in [2.24, 2.45) is 0 Å². The van der Waals surface area contributed by atoms with Crippen molar-refractivity contribution in [2.45, 2.75) is 32.6 Å². The van der Waals surface area contributed by atoms with Gasteiger partial charge in [-0.2, -0.15) is 0 Å². The number of nitrogens with zero attached hydrogens (tertiary/aromatic N) is 1. The molecular weight excluding hydrogens is 121 g/mol. The van der Waals surface area contributed by atoms with Crippen LogP contribution in [-0.2, 0) is 0 Å². The maximum atomic E-state index is 2.25. The molecule has 0 aliphatic carbocycles. The van der Waals surface area contributed by atoms with Gasteiger partial charge in [0.15, 0.2) is 0 Å². The minimum atomic E-state index is 0. The first-order valence-electron chi connectivity index (χ1n) is 3.92. The molecule has 0 bridgehead atoms. The molecule has 0 unspecified atom stereocenters. The maximum absolute atomic E-state index is 2.25. The largest absolute Gasteiger partial charge is 0.309 e. The van der Waals surface area contributed by atoms with Gasteiger partial charge < -0.3 is 4.90 Å². The van der Waals surface area contributed by atoms with Crippen molar-refractivity contribution in [1.29, 1.82) is 0 Å². The van der Waals surface area contributed by atoms with Gasteiger partial charge >= 0.3 is 0 Å². The summed E-state index contributed by atoms with van der Waals surface area (Å²) in [6, 6.07) is 0. The topological polar surface area (TPSA) is 3.24 Å². The van der Waals surface area contributed by atoms with E-state index in [-0.39, 0.29) is 8.41 Å². The molecule has 2 heteroatoms. The predicted octanol–water partition coefficient (Wildman–Crippen LogP) is 1.75. The number of hydrogen-bond acceptors (Lipinski definition) is 1. The molecule has 59 valence electrons. The van der Waals surface area contributed by atoms with Crippen LogP contribution in [0.15, 0.2) is 0 Å². The number of rotatable bonds is 5. The van der Waals surface area contributed by atoms with Crippen LogP contribution in [0.5, 0.6) is 0 Å². The van der Waals surface area contributed by atoms with E-state index in [1.807, 2.05) is 0 Å². The van der Waals surface area contributed by atoms with Gasteiger partial charge in [-0.15, -0.1) is 0 Å². The molecule has 0 aromatic rings. The van der Waals surface area contributed by atoms with Crippen LogP contribution in [0.2, 0.25) is 0 Å². The van der Waals surface area contributed by atoms with E-state index in [9.17, 15) is 0 Å². The van der Waals surface area contributed by atoms with Crippen molar-refractivity contribution in [2.75, 3.05) is 20.6 Å². The summed E-state index contributed by atoms with van der Waals surface area (Å²) in [5.74, 6) is 0. The quantitative estimate of drug-likeness (QED) is 0.415. The Kier molecular flexibility index (Phi) is 11.4. The summed E-state index contributed by atoms with van der Waals surface area (Å²) in [5.41, 5.74) is 0. The van der Waals surface area contributed by atoms with E-state index in [4.69, 9.17) is 0 Å². The standard InChI is InChI=1S/C8H19N.B/c1-4-5-6-7-8-9(2)3;/h4-8H2,1-3H3;. The van der Waals surface area contributed by atoms with Crippen LogP contribution in [0, 0.1) is 0 Å². The smallest absolute Gasteiger partial charge is 0 e. The number of unbranched alkanes of at least 4 members (excludes halogenated alkanes) is 3. The molecule has 0 amide bonds. The van der Waals surface area contributed by atoms with Gasteiger partial charge in [-0.1, -0.05) is 26.2 Å². The van der Waals surface area contributed by atoms with E-state index in [1.165, 1.54) is 32.2 Å². The average molecular weight is 140 g/mol. The second-order valence-electron chi connectivity index (χ2n) is 2.86. The molecule has 0 saturated carbocycles. The molecule has 0 saturated heterocycles. The normalized spacial score (nSPS) is 9.60. The summed E-state index contributed by atoms with van der Waals surface area (Å²) >= 11 is 0. The third-order valence-electron chi connectivity index (χ3n) is 1.46. The summed E-state index contributed by atoms with van der Waals surface area (Å²) in [7, 11) is 4.26. The van der Waals surface area contributed by atoms with Gasteiger partial charge in [-0.3, -0.25) is 0 Å². The van der Waals surface area contributed by atoms with Gasteiger partial charge in [0.25, 0.3) is 0 Å². The summed E-state index contributed by atoms with van der Waals surface area (Å²) in [4.78, 5) is 2.25. The Bertz CT molecular complexity index is 55.2. The first-order valence-corrected chi connectivity index (χ1v) is 3.92. The van der Waals surface area contributed by atoms with E-state index < -0.39 is 0 Å². The lowest BCUT2D eigenvalue weighted by molar-refractivity contribution is 0.391. The van der Waals surface area contributed by atoms with Crippen LogP contribution in [-0.4, -0.2) is 34.0 Å². The van der Waals surface area contributed by atoms with E-state index in [2.05, 4.69) is 25.9 Å². The van der Waals surface area contributed by atoms with E-state index in [1.54, 1.807) is 0 Å². The molecule has 1 nitrogen and oxygen atoms in total.